The van der Waals surface area contributed by atoms with Crippen LogP contribution in [0.25, 0.3) is 6.08 Å². The molecule has 0 radical (unpaired) electrons. The van der Waals surface area contributed by atoms with Gasteiger partial charge in [-0.15, -0.1) is 0 Å². The van der Waals surface area contributed by atoms with Gasteiger partial charge < -0.3 is 24.5 Å². The number of furan rings is 1. The van der Waals surface area contributed by atoms with Crippen molar-refractivity contribution in [2.45, 2.75) is 20.4 Å². The molecule has 4 rings (SSSR count). The van der Waals surface area contributed by atoms with Crippen molar-refractivity contribution in [3.63, 3.8) is 0 Å². The maximum atomic E-state index is 13.5. The predicted octanol–water partition coefficient (Wildman–Crippen LogP) is 5.12. The number of halogens is 2. The minimum Gasteiger partial charge on any atom is -0.494 e. The number of nitrogens with zero attached hydrogens (tertiary/aromatic N) is 1. The Kier molecular flexibility index (Phi) is 9.16. The molecule has 1 aromatic heterocycles. The molecule has 0 atom stereocenters. The van der Waals surface area contributed by atoms with E-state index in [4.69, 9.17) is 37.1 Å². The Bertz CT molecular complexity index is 1580. The van der Waals surface area contributed by atoms with Crippen LogP contribution in [0.5, 0.6) is 5.75 Å². The second-order valence-corrected chi connectivity index (χ2v) is 9.46. The van der Waals surface area contributed by atoms with Crippen molar-refractivity contribution in [1.82, 2.24) is 5.32 Å². The zero-order valence-corrected chi connectivity index (χ0v) is 23.8. The molecule has 0 unspecified atom stereocenters. The topological polar surface area (TPSA) is 127 Å². The van der Waals surface area contributed by atoms with Gasteiger partial charge in [0, 0.05) is 17.1 Å². The second-order valence-electron chi connectivity index (χ2n) is 8.65. The van der Waals surface area contributed by atoms with E-state index >= 15 is 0 Å². The van der Waals surface area contributed by atoms with Crippen LogP contribution in [-0.4, -0.2) is 37.4 Å². The summed E-state index contributed by atoms with van der Waals surface area (Å²) in [6.45, 7) is 3.91. The highest BCUT2D eigenvalue weighted by Crippen LogP contribution is 2.36. The first kappa shape index (κ1) is 29.4. The third-order valence-corrected chi connectivity index (χ3v) is 6.71. The molecule has 41 heavy (non-hydrogen) atoms. The first-order valence-electron chi connectivity index (χ1n) is 12.3. The third kappa shape index (κ3) is 6.62. The standard InChI is InChI=1S/C29H25Cl2N3O7/c1-4-40-19-8-6-18(7-9-19)34-16(2)25(29(38)39-3)22(28(34)37)14-20-10-11-21(41-20)15-32-26(35)27(36)33-17-5-12-23(30)24(31)13-17/h5-14H,4,15H2,1-3H3,(H,32,35)(H,33,36)/b22-14+. The van der Waals surface area contributed by atoms with Gasteiger partial charge in [-0.1, -0.05) is 23.2 Å². The van der Waals surface area contributed by atoms with Crippen LogP contribution < -0.4 is 20.3 Å². The number of methoxy groups -OCH3 is 1. The first-order valence-corrected chi connectivity index (χ1v) is 13.1. The molecule has 0 saturated carbocycles. The van der Waals surface area contributed by atoms with Gasteiger partial charge in [0.1, 0.15) is 17.3 Å². The highest BCUT2D eigenvalue weighted by atomic mass is 35.5. The number of hydrogen-bond acceptors (Lipinski definition) is 7. The number of carbonyl (C=O) groups excluding carboxylic acids is 4. The zero-order valence-electron chi connectivity index (χ0n) is 22.2. The Morgan fingerprint density at radius 3 is 2.39 bits per heavy atom. The van der Waals surface area contributed by atoms with E-state index in [-0.39, 0.29) is 28.5 Å². The lowest BCUT2D eigenvalue weighted by molar-refractivity contribution is -0.136. The van der Waals surface area contributed by atoms with Gasteiger partial charge in [-0.05, 0) is 74.5 Å². The van der Waals surface area contributed by atoms with Gasteiger partial charge in [-0.3, -0.25) is 19.3 Å². The Morgan fingerprint density at radius 2 is 1.73 bits per heavy atom. The molecule has 0 aliphatic carbocycles. The lowest BCUT2D eigenvalue weighted by Gasteiger charge is -2.18. The predicted molar refractivity (Wildman–Crippen MR) is 153 cm³/mol. The number of amides is 3. The van der Waals surface area contributed by atoms with Gasteiger partial charge in [0.2, 0.25) is 0 Å². The molecule has 0 fully saturated rings. The summed E-state index contributed by atoms with van der Waals surface area (Å²) in [6, 6.07) is 14.5. The number of allylic oxidation sites excluding steroid dienone is 1. The Hall–Kier alpha value is -4.54. The van der Waals surface area contributed by atoms with E-state index in [2.05, 4.69) is 10.6 Å². The molecule has 3 amide bonds. The molecular formula is C29H25Cl2N3O7. The number of benzene rings is 2. The summed E-state index contributed by atoms with van der Waals surface area (Å²) in [6.07, 6.45) is 1.43. The normalized spacial score (nSPS) is 13.9. The molecule has 212 valence electrons. The van der Waals surface area contributed by atoms with Crippen molar-refractivity contribution < 1.29 is 33.1 Å². The van der Waals surface area contributed by atoms with Gasteiger partial charge in [-0.25, -0.2) is 4.79 Å². The summed E-state index contributed by atoms with van der Waals surface area (Å²) in [4.78, 5) is 52.0. The third-order valence-electron chi connectivity index (χ3n) is 5.97. The highest BCUT2D eigenvalue weighted by molar-refractivity contribution is 6.43. The van der Waals surface area contributed by atoms with Crippen molar-refractivity contribution in [1.29, 1.82) is 0 Å². The number of ether oxygens (including phenoxy) is 2. The van der Waals surface area contributed by atoms with Gasteiger partial charge in [0.15, 0.2) is 0 Å². The van der Waals surface area contributed by atoms with Crippen LogP contribution in [0.2, 0.25) is 10.0 Å². The van der Waals surface area contributed by atoms with Crippen molar-refractivity contribution in [2.75, 3.05) is 23.9 Å². The number of esters is 1. The summed E-state index contributed by atoms with van der Waals surface area (Å²) < 4.78 is 16.1. The van der Waals surface area contributed by atoms with E-state index in [0.29, 0.717) is 40.2 Å². The Labute approximate surface area is 245 Å². The number of hydrogen-bond donors (Lipinski definition) is 2. The van der Waals surface area contributed by atoms with Crippen molar-refractivity contribution >= 4 is 64.3 Å². The lowest BCUT2D eigenvalue weighted by Crippen LogP contribution is -2.34. The fraction of sp³-hybridized carbons (Fsp3) is 0.172. The molecular weight excluding hydrogens is 573 g/mol. The molecule has 0 spiro atoms. The van der Waals surface area contributed by atoms with Crippen LogP contribution in [0.4, 0.5) is 11.4 Å². The van der Waals surface area contributed by atoms with Gasteiger partial charge in [0.05, 0.1) is 41.5 Å². The smallest absolute Gasteiger partial charge is 0.340 e. The van der Waals surface area contributed by atoms with Crippen LogP contribution in [0.1, 0.15) is 25.4 Å². The number of anilines is 2. The fourth-order valence-corrected chi connectivity index (χ4v) is 4.37. The quantitative estimate of drug-likeness (QED) is 0.209. The van der Waals surface area contributed by atoms with E-state index in [1.807, 2.05) is 6.92 Å². The molecule has 2 heterocycles. The van der Waals surface area contributed by atoms with E-state index in [1.165, 1.54) is 36.3 Å². The average Bonchev–Trinajstić information content (AvgIpc) is 3.50. The van der Waals surface area contributed by atoms with Gasteiger partial charge in [-0.2, -0.15) is 0 Å². The molecule has 1 aliphatic heterocycles. The van der Waals surface area contributed by atoms with Crippen molar-refractivity contribution in [3.8, 4) is 5.75 Å². The zero-order chi connectivity index (χ0) is 29.7. The molecule has 0 saturated heterocycles. The maximum absolute atomic E-state index is 13.5. The highest BCUT2D eigenvalue weighted by Gasteiger charge is 2.38. The van der Waals surface area contributed by atoms with Crippen molar-refractivity contribution in [2.24, 2.45) is 0 Å². The second kappa shape index (κ2) is 12.8. The van der Waals surface area contributed by atoms with Crippen LogP contribution in [0, 0.1) is 0 Å². The first-order chi connectivity index (χ1) is 19.6. The van der Waals surface area contributed by atoms with E-state index < -0.39 is 23.7 Å². The molecule has 1 aliphatic rings. The van der Waals surface area contributed by atoms with Crippen LogP contribution >= 0.6 is 23.2 Å². The summed E-state index contributed by atoms with van der Waals surface area (Å²) in [5, 5.41) is 5.41. The van der Waals surface area contributed by atoms with Gasteiger partial charge in [0.25, 0.3) is 5.91 Å². The lowest BCUT2D eigenvalue weighted by atomic mass is 10.1. The van der Waals surface area contributed by atoms with Crippen LogP contribution in [0.15, 0.2) is 75.9 Å². The summed E-state index contributed by atoms with van der Waals surface area (Å²) >= 11 is 11.8. The molecule has 12 heteroatoms. The van der Waals surface area contributed by atoms with E-state index in [1.54, 1.807) is 43.3 Å². The van der Waals surface area contributed by atoms with Crippen LogP contribution in [0.3, 0.4) is 0 Å². The minimum atomic E-state index is -0.911. The largest absolute Gasteiger partial charge is 0.494 e. The monoisotopic (exact) mass is 597 g/mol. The molecule has 0 bridgehead atoms. The minimum absolute atomic E-state index is 0.0779. The molecule has 10 nitrogen and oxygen atoms in total. The molecule has 3 aromatic rings. The maximum Gasteiger partial charge on any atom is 0.340 e. The fourth-order valence-electron chi connectivity index (χ4n) is 4.07. The number of nitrogens with one attached hydrogen (secondary N) is 2. The van der Waals surface area contributed by atoms with Crippen LogP contribution in [-0.2, 0) is 30.5 Å². The Morgan fingerprint density at radius 1 is 1.00 bits per heavy atom. The number of carbonyl (C=O) groups is 4. The molecule has 2 N–H and O–H groups in total. The number of rotatable bonds is 8. The SMILES string of the molecule is CCOc1ccc(N2C(=O)/C(=C/c3ccc(CNC(=O)C(=O)Nc4ccc(Cl)c(Cl)c4)o3)C(C(=O)OC)=C2C)cc1. The average molecular weight is 598 g/mol. The summed E-state index contributed by atoms with van der Waals surface area (Å²) in [5.74, 6) is -1.74. The summed E-state index contributed by atoms with van der Waals surface area (Å²) in [7, 11) is 1.23. The van der Waals surface area contributed by atoms with E-state index in [0.717, 1.165) is 0 Å². The van der Waals surface area contributed by atoms with Crippen molar-refractivity contribution in [3.05, 3.63) is 93.0 Å². The summed E-state index contributed by atoms with van der Waals surface area (Å²) in [5.41, 5.74) is 1.41. The molecule has 2 aromatic carbocycles. The Balaban J connectivity index is 1.48. The van der Waals surface area contributed by atoms with E-state index in [9.17, 15) is 19.2 Å². The van der Waals surface area contributed by atoms with Gasteiger partial charge >= 0.3 is 17.8 Å².